The van der Waals surface area contributed by atoms with Gasteiger partial charge in [0, 0.05) is 6.92 Å². The van der Waals surface area contributed by atoms with Crippen LogP contribution in [0.4, 0.5) is 0 Å². The highest BCUT2D eigenvalue weighted by Crippen LogP contribution is 2.07. The fourth-order valence-electron chi connectivity index (χ4n) is 1.20. The normalized spacial score (nSPS) is 11.1. The predicted octanol–water partition coefficient (Wildman–Crippen LogP) is 3.63. The van der Waals surface area contributed by atoms with Gasteiger partial charge in [-0.05, 0) is 40.0 Å². The van der Waals surface area contributed by atoms with E-state index in [1.54, 1.807) is 0 Å². The van der Waals surface area contributed by atoms with Crippen LogP contribution in [0.15, 0.2) is 23.3 Å². The van der Waals surface area contributed by atoms with Crippen LogP contribution in [0.2, 0.25) is 0 Å². The van der Waals surface area contributed by atoms with Gasteiger partial charge < -0.3 is 4.74 Å². The molecule has 0 aromatic rings. The van der Waals surface area contributed by atoms with E-state index >= 15 is 0 Å². The van der Waals surface area contributed by atoms with Gasteiger partial charge in [0.25, 0.3) is 0 Å². The molecule has 0 unspecified atom stereocenters. The lowest BCUT2D eigenvalue weighted by Gasteiger charge is -2.00. The maximum atomic E-state index is 10.5. The summed E-state index contributed by atoms with van der Waals surface area (Å²) in [7, 11) is 0. The third kappa shape index (κ3) is 10.9. The first-order chi connectivity index (χ1) is 7.02. The van der Waals surface area contributed by atoms with Gasteiger partial charge in [-0.15, -0.1) is 0 Å². The van der Waals surface area contributed by atoms with Crippen molar-refractivity contribution >= 4 is 5.97 Å². The largest absolute Gasteiger partial charge is 0.466 e. The number of hydrogen-bond donors (Lipinski definition) is 0. The maximum Gasteiger partial charge on any atom is 0.302 e. The summed E-state index contributed by atoms with van der Waals surface area (Å²) in [5.74, 6) is -0.203. The van der Waals surface area contributed by atoms with Crippen molar-refractivity contribution in [3.63, 3.8) is 0 Å². The smallest absolute Gasteiger partial charge is 0.302 e. The van der Waals surface area contributed by atoms with E-state index in [-0.39, 0.29) is 5.97 Å². The van der Waals surface area contributed by atoms with Crippen LogP contribution < -0.4 is 0 Å². The number of carbonyl (C=O) groups excluding carboxylic acids is 1. The Labute approximate surface area is 93.0 Å². The van der Waals surface area contributed by atoms with Gasteiger partial charge in [-0.3, -0.25) is 4.79 Å². The van der Waals surface area contributed by atoms with Gasteiger partial charge in [-0.25, -0.2) is 0 Å². The number of hydrogen-bond acceptors (Lipinski definition) is 2. The third-order valence-corrected chi connectivity index (χ3v) is 2.01. The summed E-state index contributed by atoms with van der Waals surface area (Å²) in [6.07, 6.45) is 7.38. The van der Waals surface area contributed by atoms with Crippen LogP contribution in [0.25, 0.3) is 0 Å². The molecule has 0 aromatic carbocycles. The predicted molar refractivity (Wildman–Crippen MR) is 63.7 cm³/mol. The molecule has 86 valence electrons. The summed E-state index contributed by atoms with van der Waals surface area (Å²) in [5, 5.41) is 0. The molecule has 0 heterocycles. The first kappa shape index (κ1) is 13.9. The van der Waals surface area contributed by atoms with Crippen molar-refractivity contribution < 1.29 is 9.53 Å². The molecule has 0 aromatic heterocycles. The zero-order valence-electron chi connectivity index (χ0n) is 10.3. The van der Waals surface area contributed by atoms with E-state index in [0.29, 0.717) is 6.61 Å². The lowest BCUT2D eigenvalue weighted by atomic mass is 10.1. The van der Waals surface area contributed by atoms with Gasteiger partial charge in [0.15, 0.2) is 0 Å². The van der Waals surface area contributed by atoms with E-state index in [4.69, 9.17) is 4.74 Å². The zero-order valence-corrected chi connectivity index (χ0v) is 10.3. The molecule has 0 bridgehead atoms. The second-order valence-electron chi connectivity index (χ2n) is 4.00. The summed E-state index contributed by atoms with van der Waals surface area (Å²) in [6, 6.07) is 0. The summed E-state index contributed by atoms with van der Waals surface area (Å²) in [4.78, 5) is 10.5. The van der Waals surface area contributed by atoms with Gasteiger partial charge in [-0.2, -0.15) is 0 Å². The van der Waals surface area contributed by atoms with Crippen molar-refractivity contribution in [2.75, 3.05) is 6.61 Å². The topological polar surface area (TPSA) is 26.3 Å². The Morgan fingerprint density at radius 3 is 2.27 bits per heavy atom. The molecule has 2 heteroatoms. The van der Waals surface area contributed by atoms with E-state index in [0.717, 1.165) is 19.3 Å². The SMILES string of the molecule is CC(=O)OCC/C=C(\C)CCC=C(C)C. The van der Waals surface area contributed by atoms with E-state index in [9.17, 15) is 4.79 Å². The van der Waals surface area contributed by atoms with Crippen LogP contribution in [-0.2, 0) is 9.53 Å². The van der Waals surface area contributed by atoms with E-state index in [1.165, 1.54) is 18.1 Å². The molecule has 0 saturated carbocycles. The zero-order chi connectivity index (χ0) is 11.7. The molecule has 0 aliphatic rings. The molecule has 0 radical (unpaired) electrons. The van der Waals surface area contributed by atoms with Crippen molar-refractivity contribution in [2.45, 2.75) is 47.0 Å². The van der Waals surface area contributed by atoms with Gasteiger partial charge in [0.1, 0.15) is 0 Å². The van der Waals surface area contributed by atoms with Crippen molar-refractivity contribution in [3.8, 4) is 0 Å². The van der Waals surface area contributed by atoms with Crippen LogP contribution >= 0.6 is 0 Å². The number of allylic oxidation sites excluding steroid dienone is 3. The summed E-state index contributed by atoms with van der Waals surface area (Å²) >= 11 is 0. The molecule has 0 saturated heterocycles. The average molecular weight is 210 g/mol. The molecule has 15 heavy (non-hydrogen) atoms. The Bertz CT molecular complexity index is 245. The molecule has 0 aliphatic heterocycles. The van der Waals surface area contributed by atoms with Crippen LogP contribution in [0.3, 0.4) is 0 Å². The minimum absolute atomic E-state index is 0.203. The molecule has 0 atom stereocenters. The van der Waals surface area contributed by atoms with Crippen LogP contribution in [0, 0.1) is 0 Å². The lowest BCUT2D eigenvalue weighted by Crippen LogP contribution is -1.99. The third-order valence-electron chi connectivity index (χ3n) is 2.01. The first-order valence-corrected chi connectivity index (χ1v) is 5.44. The van der Waals surface area contributed by atoms with Crippen molar-refractivity contribution in [3.05, 3.63) is 23.3 Å². The van der Waals surface area contributed by atoms with Crippen LogP contribution in [-0.4, -0.2) is 12.6 Å². The van der Waals surface area contributed by atoms with Gasteiger partial charge in [0.2, 0.25) is 0 Å². The molecule has 0 fully saturated rings. The van der Waals surface area contributed by atoms with Crippen LogP contribution in [0.1, 0.15) is 47.0 Å². The molecule has 0 rings (SSSR count). The maximum absolute atomic E-state index is 10.5. The highest BCUT2D eigenvalue weighted by Gasteiger charge is 1.92. The number of rotatable bonds is 6. The summed E-state index contributed by atoms with van der Waals surface area (Å²) < 4.78 is 4.84. The average Bonchev–Trinajstić information content (AvgIpc) is 2.11. The molecular weight excluding hydrogens is 188 g/mol. The second kappa shape index (κ2) is 8.27. The Morgan fingerprint density at radius 2 is 1.73 bits per heavy atom. The molecule has 0 N–H and O–H groups in total. The van der Waals surface area contributed by atoms with Gasteiger partial charge in [-0.1, -0.05) is 23.3 Å². The second-order valence-corrected chi connectivity index (χ2v) is 4.00. The highest BCUT2D eigenvalue weighted by atomic mass is 16.5. The van der Waals surface area contributed by atoms with E-state index < -0.39 is 0 Å². The monoisotopic (exact) mass is 210 g/mol. The van der Waals surface area contributed by atoms with E-state index in [1.807, 2.05) is 0 Å². The van der Waals surface area contributed by atoms with Crippen molar-refractivity contribution in [1.82, 2.24) is 0 Å². The van der Waals surface area contributed by atoms with Crippen LogP contribution in [0.5, 0.6) is 0 Å². The van der Waals surface area contributed by atoms with E-state index in [2.05, 4.69) is 32.9 Å². The Balaban J connectivity index is 3.61. The number of esters is 1. The quantitative estimate of drug-likeness (QED) is 0.380. The number of carbonyl (C=O) groups is 1. The fraction of sp³-hybridized carbons (Fsp3) is 0.615. The van der Waals surface area contributed by atoms with Crippen molar-refractivity contribution in [1.29, 1.82) is 0 Å². The van der Waals surface area contributed by atoms with Gasteiger partial charge >= 0.3 is 5.97 Å². The standard InChI is InChI=1S/C13H22O2/c1-11(2)7-5-8-12(3)9-6-10-15-13(4)14/h7,9H,5-6,8,10H2,1-4H3/b12-9+. The summed E-state index contributed by atoms with van der Waals surface area (Å²) in [6.45, 7) is 8.27. The van der Waals surface area contributed by atoms with Gasteiger partial charge in [0.05, 0.1) is 6.61 Å². The molecule has 0 aliphatic carbocycles. The fourth-order valence-corrected chi connectivity index (χ4v) is 1.20. The van der Waals surface area contributed by atoms with Crippen molar-refractivity contribution in [2.24, 2.45) is 0 Å². The molecule has 0 amide bonds. The Morgan fingerprint density at radius 1 is 1.07 bits per heavy atom. The molecule has 0 spiro atoms. The number of ether oxygens (including phenoxy) is 1. The summed E-state index contributed by atoms with van der Waals surface area (Å²) in [5.41, 5.74) is 2.72. The molecular formula is C13H22O2. The lowest BCUT2D eigenvalue weighted by molar-refractivity contribution is -0.140. The Kier molecular flexibility index (Phi) is 7.69. The molecule has 2 nitrogen and oxygen atoms in total. The minimum Gasteiger partial charge on any atom is -0.466 e. The first-order valence-electron chi connectivity index (χ1n) is 5.44. The Hall–Kier alpha value is -1.05. The highest BCUT2D eigenvalue weighted by molar-refractivity contribution is 5.65. The minimum atomic E-state index is -0.203.